The van der Waals surface area contributed by atoms with Gasteiger partial charge in [-0.15, -0.1) is 0 Å². The minimum Gasteiger partial charge on any atom is -0.379 e. The molecule has 1 rings (SSSR count). The molecule has 0 aromatic heterocycles. The first-order valence-electron chi connectivity index (χ1n) is 5.51. The Morgan fingerprint density at radius 1 is 1.53 bits per heavy atom. The average Bonchev–Trinajstić information content (AvgIpc) is 2.75. The van der Waals surface area contributed by atoms with Crippen molar-refractivity contribution in [1.82, 2.24) is 5.43 Å². The molecule has 0 aromatic rings. The van der Waals surface area contributed by atoms with Crippen molar-refractivity contribution in [2.45, 2.75) is 38.2 Å². The first-order valence-corrected chi connectivity index (χ1v) is 5.51. The highest BCUT2D eigenvalue weighted by atomic mass is 16.5. The van der Waals surface area contributed by atoms with E-state index in [2.05, 4.69) is 5.43 Å². The van der Waals surface area contributed by atoms with Crippen molar-refractivity contribution in [3.8, 4) is 0 Å². The van der Waals surface area contributed by atoms with Crippen molar-refractivity contribution in [1.29, 1.82) is 0 Å². The maximum absolute atomic E-state index is 10.8. The Hall–Kier alpha value is -0.650. The molecule has 5 nitrogen and oxygen atoms in total. The number of nitrogens with two attached hydrogens (primary N) is 1. The van der Waals surface area contributed by atoms with Crippen LogP contribution in [-0.4, -0.2) is 31.8 Å². The average molecular weight is 216 g/mol. The Labute approximate surface area is 90.3 Å². The largest absolute Gasteiger partial charge is 0.379 e. The van der Waals surface area contributed by atoms with E-state index in [0.717, 1.165) is 32.3 Å². The van der Waals surface area contributed by atoms with Gasteiger partial charge in [-0.1, -0.05) is 0 Å². The van der Waals surface area contributed by atoms with Crippen LogP contribution in [0.2, 0.25) is 0 Å². The van der Waals surface area contributed by atoms with Gasteiger partial charge in [0.2, 0.25) is 5.91 Å². The van der Waals surface area contributed by atoms with Gasteiger partial charge in [-0.25, -0.2) is 5.84 Å². The van der Waals surface area contributed by atoms with E-state index >= 15 is 0 Å². The summed E-state index contributed by atoms with van der Waals surface area (Å²) >= 11 is 0. The first kappa shape index (κ1) is 12.4. The molecule has 0 aliphatic carbocycles. The SMILES string of the molecule is NNC(=O)CCCCOCC1CCCO1. The molecular formula is C10H20N2O3. The summed E-state index contributed by atoms with van der Waals surface area (Å²) in [4.78, 5) is 10.8. The fraction of sp³-hybridized carbons (Fsp3) is 0.900. The maximum atomic E-state index is 10.8. The number of amides is 1. The molecule has 0 bridgehead atoms. The molecule has 0 saturated carbocycles. The highest BCUT2D eigenvalue weighted by Gasteiger charge is 2.14. The van der Waals surface area contributed by atoms with E-state index in [1.165, 1.54) is 0 Å². The molecule has 88 valence electrons. The Kier molecular flexibility index (Phi) is 6.31. The zero-order valence-corrected chi connectivity index (χ0v) is 9.04. The normalized spacial score (nSPS) is 20.5. The van der Waals surface area contributed by atoms with Crippen LogP contribution in [-0.2, 0) is 14.3 Å². The van der Waals surface area contributed by atoms with E-state index in [9.17, 15) is 4.79 Å². The Morgan fingerprint density at radius 3 is 3.07 bits per heavy atom. The van der Waals surface area contributed by atoms with Gasteiger partial charge >= 0.3 is 0 Å². The van der Waals surface area contributed by atoms with Gasteiger partial charge in [0.15, 0.2) is 0 Å². The molecule has 1 fully saturated rings. The van der Waals surface area contributed by atoms with Gasteiger partial charge in [0, 0.05) is 19.6 Å². The molecule has 1 unspecified atom stereocenters. The summed E-state index contributed by atoms with van der Waals surface area (Å²) < 4.78 is 10.9. The number of hydrogen-bond acceptors (Lipinski definition) is 4. The molecule has 1 aliphatic heterocycles. The minimum absolute atomic E-state index is 0.117. The Balaban J connectivity index is 1.82. The van der Waals surface area contributed by atoms with Crippen LogP contribution >= 0.6 is 0 Å². The van der Waals surface area contributed by atoms with Gasteiger partial charge in [0.05, 0.1) is 12.7 Å². The molecule has 0 radical (unpaired) electrons. The van der Waals surface area contributed by atoms with Crippen molar-refractivity contribution in [2.24, 2.45) is 5.84 Å². The molecular weight excluding hydrogens is 196 g/mol. The predicted molar refractivity (Wildman–Crippen MR) is 56.0 cm³/mol. The second-order valence-corrected chi connectivity index (χ2v) is 3.73. The van der Waals surface area contributed by atoms with E-state index in [1.807, 2.05) is 0 Å². The maximum Gasteiger partial charge on any atom is 0.233 e. The Bertz CT molecular complexity index is 182. The fourth-order valence-electron chi connectivity index (χ4n) is 1.55. The molecule has 1 aliphatic rings. The quantitative estimate of drug-likeness (QED) is 0.278. The van der Waals surface area contributed by atoms with E-state index < -0.39 is 0 Å². The summed E-state index contributed by atoms with van der Waals surface area (Å²) in [6, 6.07) is 0. The van der Waals surface area contributed by atoms with Gasteiger partial charge in [-0.05, 0) is 25.7 Å². The lowest BCUT2D eigenvalue weighted by atomic mass is 10.2. The van der Waals surface area contributed by atoms with Crippen molar-refractivity contribution < 1.29 is 14.3 Å². The van der Waals surface area contributed by atoms with Crippen molar-refractivity contribution in [3.05, 3.63) is 0 Å². The highest BCUT2D eigenvalue weighted by molar-refractivity contribution is 5.74. The van der Waals surface area contributed by atoms with E-state index in [4.69, 9.17) is 15.3 Å². The summed E-state index contributed by atoms with van der Waals surface area (Å²) in [5.74, 6) is 4.83. The Morgan fingerprint density at radius 2 is 2.40 bits per heavy atom. The number of hydrazine groups is 1. The third kappa shape index (κ3) is 5.71. The molecule has 1 amide bonds. The molecule has 3 N–H and O–H groups in total. The second-order valence-electron chi connectivity index (χ2n) is 3.73. The van der Waals surface area contributed by atoms with Crippen LogP contribution in [0.25, 0.3) is 0 Å². The summed E-state index contributed by atoms with van der Waals surface area (Å²) in [6.07, 6.45) is 4.71. The smallest absolute Gasteiger partial charge is 0.233 e. The van der Waals surface area contributed by atoms with Gasteiger partial charge in [-0.2, -0.15) is 0 Å². The molecule has 1 saturated heterocycles. The lowest BCUT2D eigenvalue weighted by Gasteiger charge is -2.09. The van der Waals surface area contributed by atoms with Crippen molar-refractivity contribution in [2.75, 3.05) is 19.8 Å². The molecule has 1 atom stereocenters. The number of unbranched alkanes of at least 4 members (excludes halogenated alkanes) is 1. The summed E-state index contributed by atoms with van der Waals surface area (Å²) in [5, 5.41) is 0. The summed E-state index contributed by atoms with van der Waals surface area (Å²) in [6.45, 7) is 2.24. The van der Waals surface area contributed by atoms with E-state index in [0.29, 0.717) is 19.6 Å². The van der Waals surface area contributed by atoms with Gasteiger partial charge < -0.3 is 9.47 Å². The molecule has 15 heavy (non-hydrogen) atoms. The number of rotatable bonds is 7. The minimum atomic E-state index is -0.117. The summed E-state index contributed by atoms with van der Waals surface area (Å²) in [5.41, 5.74) is 2.10. The van der Waals surface area contributed by atoms with Gasteiger partial charge in [-0.3, -0.25) is 10.2 Å². The van der Waals surface area contributed by atoms with Crippen LogP contribution in [0.3, 0.4) is 0 Å². The van der Waals surface area contributed by atoms with Crippen LogP contribution in [0.4, 0.5) is 0 Å². The van der Waals surface area contributed by atoms with E-state index in [1.54, 1.807) is 0 Å². The third-order valence-corrected chi connectivity index (χ3v) is 2.43. The van der Waals surface area contributed by atoms with Crippen LogP contribution in [0.5, 0.6) is 0 Å². The topological polar surface area (TPSA) is 73.6 Å². The second kappa shape index (κ2) is 7.62. The molecule has 5 heteroatoms. The van der Waals surface area contributed by atoms with E-state index in [-0.39, 0.29) is 12.0 Å². The number of ether oxygens (including phenoxy) is 2. The number of carbonyl (C=O) groups excluding carboxylic acids is 1. The third-order valence-electron chi connectivity index (χ3n) is 2.43. The fourth-order valence-corrected chi connectivity index (χ4v) is 1.55. The first-order chi connectivity index (χ1) is 7.33. The monoisotopic (exact) mass is 216 g/mol. The number of nitrogens with one attached hydrogen (secondary N) is 1. The van der Waals surface area contributed by atoms with Crippen LogP contribution < -0.4 is 11.3 Å². The molecule has 0 spiro atoms. The zero-order valence-electron chi connectivity index (χ0n) is 9.04. The summed E-state index contributed by atoms with van der Waals surface area (Å²) in [7, 11) is 0. The lowest BCUT2D eigenvalue weighted by molar-refractivity contribution is -0.121. The molecule has 0 aromatic carbocycles. The van der Waals surface area contributed by atoms with Gasteiger partial charge in [0.1, 0.15) is 0 Å². The predicted octanol–water partition coefficient (Wildman–Crippen LogP) is 0.342. The van der Waals surface area contributed by atoms with Crippen LogP contribution in [0.1, 0.15) is 32.1 Å². The molecule has 1 heterocycles. The lowest BCUT2D eigenvalue weighted by Crippen LogP contribution is -2.29. The standard InChI is InChI=1S/C10H20N2O3/c11-12-10(13)5-1-2-6-14-8-9-4-3-7-15-9/h9H,1-8,11H2,(H,12,13). The number of carbonyl (C=O) groups is 1. The van der Waals surface area contributed by atoms with Crippen LogP contribution in [0, 0.1) is 0 Å². The number of hydrogen-bond donors (Lipinski definition) is 2. The zero-order chi connectivity index (χ0) is 10.9. The highest BCUT2D eigenvalue weighted by Crippen LogP contribution is 2.12. The van der Waals surface area contributed by atoms with Crippen molar-refractivity contribution >= 4 is 5.91 Å². The van der Waals surface area contributed by atoms with Crippen LogP contribution in [0.15, 0.2) is 0 Å². The van der Waals surface area contributed by atoms with Gasteiger partial charge in [0.25, 0.3) is 0 Å². The van der Waals surface area contributed by atoms with Crippen molar-refractivity contribution in [3.63, 3.8) is 0 Å².